The molecule has 104 valence electrons. The molecule has 0 atom stereocenters. The third kappa shape index (κ3) is 3.53. The molecular formula is C14H18ClNO3. The van der Waals surface area contributed by atoms with E-state index in [1.54, 1.807) is 12.1 Å². The smallest absolute Gasteiger partial charge is 0.251 e. The molecule has 0 unspecified atom stereocenters. The van der Waals surface area contributed by atoms with Gasteiger partial charge < -0.3 is 14.8 Å². The Balaban J connectivity index is 2.21. The van der Waals surface area contributed by atoms with Crippen molar-refractivity contribution in [3.63, 3.8) is 0 Å². The van der Waals surface area contributed by atoms with Crippen LogP contribution < -0.4 is 14.8 Å². The number of carbonyl (C=O) groups excluding carboxylic acids is 1. The molecule has 1 aliphatic carbocycles. The zero-order chi connectivity index (χ0) is 13.8. The fraction of sp³-hybridized carbons (Fsp3) is 0.500. The van der Waals surface area contributed by atoms with Gasteiger partial charge in [-0.05, 0) is 31.4 Å². The van der Waals surface area contributed by atoms with Gasteiger partial charge in [-0.1, -0.05) is 18.5 Å². The molecule has 2 rings (SSSR count). The van der Waals surface area contributed by atoms with E-state index in [1.807, 2.05) is 6.92 Å². The first kappa shape index (κ1) is 14.0. The van der Waals surface area contributed by atoms with Crippen LogP contribution in [0.15, 0.2) is 12.1 Å². The topological polar surface area (TPSA) is 47.6 Å². The lowest BCUT2D eigenvalue weighted by Gasteiger charge is -2.13. The first-order valence-electron chi connectivity index (χ1n) is 6.47. The Hall–Kier alpha value is -1.42. The van der Waals surface area contributed by atoms with E-state index >= 15 is 0 Å². The number of ether oxygens (including phenoxy) is 2. The highest BCUT2D eigenvalue weighted by Crippen LogP contribution is 2.36. The van der Waals surface area contributed by atoms with Crippen molar-refractivity contribution in [1.29, 1.82) is 0 Å². The van der Waals surface area contributed by atoms with Gasteiger partial charge in [0.15, 0.2) is 11.5 Å². The number of methoxy groups -OCH3 is 1. The quantitative estimate of drug-likeness (QED) is 0.873. The number of halogens is 1. The third-order valence-corrected chi connectivity index (χ3v) is 3.14. The summed E-state index contributed by atoms with van der Waals surface area (Å²) in [6, 6.07) is 3.59. The SMILES string of the molecule is CCCOc1c(Cl)cc(C(=O)NC2CC2)cc1OC. The predicted molar refractivity (Wildman–Crippen MR) is 74.3 cm³/mol. The third-order valence-electron chi connectivity index (χ3n) is 2.85. The van der Waals surface area contributed by atoms with Crippen molar-refractivity contribution in [2.45, 2.75) is 32.2 Å². The Kier molecular flexibility index (Phi) is 4.53. The van der Waals surface area contributed by atoms with Gasteiger partial charge in [-0.3, -0.25) is 4.79 Å². The van der Waals surface area contributed by atoms with Crippen molar-refractivity contribution in [2.24, 2.45) is 0 Å². The average Bonchev–Trinajstić information content (AvgIpc) is 3.20. The van der Waals surface area contributed by atoms with E-state index in [4.69, 9.17) is 21.1 Å². The molecule has 0 bridgehead atoms. The number of benzene rings is 1. The van der Waals surface area contributed by atoms with Crippen molar-refractivity contribution in [3.8, 4) is 11.5 Å². The number of rotatable bonds is 6. The van der Waals surface area contributed by atoms with Crippen LogP contribution in [-0.4, -0.2) is 25.7 Å². The van der Waals surface area contributed by atoms with Crippen molar-refractivity contribution in [1.82, 2.24) is 5.32 Å². The molecular weight excluding hydrogens is 266 g/mol. The maximum Gasteiger partial charge on any atom is 0.251 e. The van der Waals surface area contributed by atoms with Crippen LogP contribution in [0.5, 0.6) is 11.5 Å². The van der Waals surface area contributed by atoms with Gasteiger partial charge in [-0.25, -0.2) is 0 Å². The number of hydrogen-bond donors (Lipinski definition) is 1. The second-order valence-corrected chi connectivity index (χ2v) is 4.99. The summed E-state index contributed by atoms with van der Waals surface area (Å²) in [6.07, 6.45) is 2.98. The second kappa shape index (κ2) is 6.15. The van der Waals surface area contributed by atoms with Crippen molar-refractivity contribution >= 4 is 17.5 Å². The van der Waals surface area contributed by atoms with Crippen LogP contribution >= 0.6 is 11.6 Å². The first-order valence-corrected chi connectivity index (χ1v) is 6.84. The van der Waals surface area contributed by atoms with E-state index in [1.165, 1.54) is 7.11 Å². The zero-order valence-electron chi connectivity index (χ0n) is 11.2. The highest BCUT2D eigenvalue weighted by atomic mass is 35.5. The van der Waals surface area contributed by atoms with Gasteiger partial charge in [-0.15, -0.1) is 0 Å². The minimum Gasteiger partial charge on any atom is -0.493 e. The summed E-state index contributed by atoms with van der Waals surface area (Å²) in [5, 5.41) is 3.31. The molecule has 1 N–H and O–H groups in total. The molecule has 0 radical (unpaired) electrons. The Morgan fingerprint density at radius 1 is 1.47 bits per heavy atom. The molecule has 1 aromatic carbocycles. The maximum absolute atomic E-state index is 12.0. The van der Waals surface area contributed by atoms with Gasteiger partial charge in [0.1, 0.15) is 0 Å². The minimum atomic E-state index is -0.121. The largest absolute Gasteiger partial charge is 0.493 e. The fourth-order valence-electron chi connectivity index (χ4n) is 1.69. The molecule has 0 aromatic heterocycles. The number of carbonyl (C=O) groups is 1. The Labute approximate surface area is 118 Å². The van der Waals surface area contributed by atoms with Gasteiger partial charge in [0.25, 0.3) is 5.91 Å². The summed E-state index contributed by atoms with van der Waals surface area (Å²) in [4.78, 5) is 12.0. The van der Waals surface area contributed by atoms with Crippen LogP contribution in [0.3, 0.4) is 0 Å². The van der Waals surface area contributed by atoms with Crippen LogP contribution in [-0.2, 0) is 0 Å². The van der Waals surface area contributed by atoms with E-state index in [-0.39, 0.29) is 5.91 Å². The maximum atomic E-state index is 12.0. The van der Waals surface area contributed by atoms with Crippen molar-refractivity contribution < 1.29 is 14.3 Å². The molecule has 0 spiro atoms. The monoisotopic (exact) mass is 283 g/mol. The highest BCUT2D eigenvalue weighted by Gasteiger charge is 2.25. The summed E-state index contributed by atoms with van der Waals surface area (Å²) in [6.45, 7) is 2.57. The van der Waals surface area contributed by atoms with Gasteiger partial charge >= 0.3 is 0 Å². The van der Waals surface area contributed by atoms with E-state index < -0.39 is 0 Å². The first-order chi connectivity index (χ1) is 9.15. The fourth-order valence-corrected chi connectivity index (χ4v) is 1.96. The minimum absolute atomic E-state index is 0.121. The van der Waals surface area contributed by atoms with Gasteiger partial charge in [-0.2, -0.15) is 0 Å². The van der Waals surface area contributed by atoms with Crippen molar-refractivity contribution in [2.75, 3.05) is 13.7 Å². The number of amides is 1. The molecule has 5 heteroatoms. The molecule has 19 heavy (non-hydrogen) atoms. The van der Waals surface area contributed by atoms with Gasteiger partial charge in [0.05, 0.1) is 18.7 Å². The summed E-state index contributed by atoms with van der Waals surface area (Å²) in [7, 11) is 1.53. The van der Waals surface area contributed by atoms with Crippen LogP contribution in [0.1, 0.15) is 36.5 Å². The normalized spacial score (nSPS) is 14.1. The molecule has 1 aromatic rings. The molecule has 1 fully saturated rings. The number of hydrogen-bond acceptors (Lipinski definition) is 3. The summed E-state index contributed by atoms with van der Waals surface area (Å²) in [5.41, 5.74) is 0.498. The van der Waals surface area contributed by atoms with Crippen LogP contribution in [0.4, 0.5) is 0 Å². The standard InChI is InChI=1S/C14H18ClNO3/c1-3-6-19-13-11(15)7-9(8-12(13)18-2)14(17)16-10-4-5-10/h7-8,10H,3-6H2,1-2H3,(H,16,17). The lowest BCUT2D eigenvalue weighted by molar-refractivity contribution is 0.0950. The van der Waals surface area contributed by atoms with Crippen LogP contribution in [0, 0.1) is 0 Å². The molecule has 0 heterocycles. The molecule has 1 amide bonds. The van der Waals surface area contributed by atoms with E-state index in [9.17, 15) is 4.79 Å². The average molecular weight is 284 g/mol. The lowest BCUT2D eigenvalue weighted by Crippen LogP contribution is -2.25. The Morgan fingerprint density at radius 2 is 2.21 bits per heavy atom. The Bertz CT molecular complexity index is 472. The van der Waals surface area contributed by atoms with Gasteiger partial charge in [0.2, 0.25) is 0 Å². The zero-order valence-corrected chi connectivity index (χ0v) is 11.9. The second-order valence-electron chi connectivity index (χ2n) is 4.59. The molecule has 4 nitrogen and oxygen atoms in total. The molecule has 1 aliphatic rings. The van der Waals surface area contributed by atoms with E-state index in [0.29, 0.717) is 34.7 Å². The predicted octanol–water partition coefficient (Wildman–Crippen LogP) is 3.03. The summed E-state index contributed by atoms with van der Waals surface area (Å²) < 4.78 is 10.8. The molecule has 0 saturated heterocycles. The lowest BCUT2D eigenvalue weighted by atomic mass is 10.2. The molecule has 0 aliphatic heterocycles. The Morgan fingerprint density at radius 3 is 2.79 bits per heavy atom. The van der Waals surface area contributed by atoms with Gasteiger partial charge in [0, 0.05) is 11.6 Å². The van der Waals surface area contributed by atoms with E-state index in [0.717, 1.165) is 19.3 Å². The van der Waals surface area contributed by atoms with E-state index in [2.05, 4.69) is 5.32 Å². The van der Waals surface area contributed by atoms with Crippen LogP contribution in [0.25, 0.3) is 0 Å². The summed E-state index contributed by atoms with van der Waals surface area (Å²) in [5.74, 6) is 0.862. The van der Waals surface area contributed by atoms with Crippen molar-refractivity contribution in [3.05, 3.63) is 22.7 Å². The highest BCUT2D eigenvalue weighted by molar-refractivity contribution is 6.32. The summed E-state index contributed by atoms with van der Waals surface area (Å²) >= 11 is 6.16. The van der Waals surface area contributed by atoms with Crippen LogP contribution in [0.2, 0.25) is 5.02 Å². The number of nitrogens with one attached hydrogen (secondary N) is 1. The molecule has 1 saturated carbocycles.